The Hall–Kier alpha value is -1.81. The number of H-pyrrole nitrogens is 1. The first-order chi connectivity index (χ1) is 12.0. The number of thioether (sulfide) groups is 1. The van der Waals surface area contributed by atoms with E-state index in [1.165, 1.54) is 4.57 Å². The molecule has 0 spiro atoms. The van der Waals surface area contributed by atoms with Gasteiger partial charge in [0.1, 0.15) is 0 Å². The molecule has 3 N–H and O–H groups in total. The molecule has 0 saturated heterocycles. The van der Waals surface area contributed by atoms with Crippen LogP contribution < -0.4 is 16.3 Å². The summed E-state index contributed by atoms with van der Waals surface area (Å²) in [5, 5.41) is 11.3. The molecule has 1 atom stereocenters. The first kappa shape index (κ1) is 19.5. The van der Waals surface area contributed by atoms with Gasteiger partial charge in [-0.1, -0.05) is 24.6 Å². The molecular formula is C15H25N5O4S. The van der Waals surface area contributed by atoms with E-state index in [2.05, 4.69) is 20.8 Å². The minimum Gasteiger partial charge on any atom is -0.385 e. The zero-order valence-corrected chi connectivity index (χ0v) is 15.4. The Labute approximate surface area is 150 Å². The van der Waals surface area contributed by atoms with Gasteiger partial charge in [0.05, 0.1) is 5.25 Å². The number of hydrogen-bond donors (Lipinski definition) is 3. The van der Waals surface area contributed by atoms with Crippen LogP contribution in [-0.4, -0.2) is 51.7 Å². The van der Waals surface area contributed by atoms with Crippen molar-refractivity contribution in [3.8, 4) is 0 Å². The molecule has 2 rings (SSSR count). The van der Waals surface area contributed by atoms with E-state index in [-0.39, 0.29) is 11.7 Å². The summed E-state index contributed by atoms with van der Waals surface area (Å²) in [7, 11) is 1.59. The van der Waals surface area contributed by atoms with E-state index in [0.717, 1.165) is 37.4 Å². The van der Waals surface area contributed by atoms with Gasteiger partial charge in [0, 0.05) is 26.3 Å². The minimum atomic E-state index is -0.564. The topological polar surface area (TPSA) is 118 Å². The van der Waals surface area contributed by atoms with Gasteiger partial charge in [-0.05, 0) is 26.2 Å². The number of rotatable bonds is 8. The highest BCUT2D eigenvalue weighted by Gasteiger charge is 2.22. The Kier molecular flexibility index (Phi) is 7.51. The second-order valence-corrected chi connectivity index (χ2v) is 7.32. The van der Waals surface area contributed by atoms with Gasteiger partial charge in [0.25, 0.3) is 0 Å². The number of aromatic amines is 1. The molecule has 3 amide bonds. The maximum absolute atomic E-state index is 12.2. The molecule has 140 valence electrons. The number of carbonyl (C=O) groups excluding carboxylic acids is 2. The van der Waals surface area contributed by atoms with Gasteiger partial charge in [-0.15, -0.1) is 5.10 Å². The highest BCUT2D eigenvalue weighted by Crippen LogP contribution is 2.20. The number of methoxy groups -OCH3 is 1. The second-order valence-electron chi connectivity index (χ2n) is 6.01. The molecule has 0 aromatic carbocycles. The smallest absolute Gasteiger partial charge is 0.343 e. The lowest BCUT2D eigenvalue weighted by atomic mass is 10.2. The first-order valence-corrected chi connectivity index (χ1v) is 9.31. The lowest BCUT2D eigenvalue weighted by molar-refractivity contribution is -0.119. The molecule has 0 bridgehead atoms. The summed E-state index contributed by atoms with van der Waals surface area (Å²) in [4.78, 5) is 35.8. The molecule has 1 aliphatic carbocycles. The molecule has 25 heavy (non-hydrogen) atoms. The molecule has 1 aromatic heterocycles. The van der Waals surface area contributed by atoms with Crippen LogP contribution in [0.25, 0.3) is 0 Å². The van der Waals surface area contributed by atoms with E-state index in [1.54, 1.807) is 14.0 Å². The number of nitrogens with one attached hydrogen (secondary N) is 3. The van der Waals surface area contributed by atoms with E-state index in [9.17, 15) is 14.4 Å². The Morgan fingerprint density at radius 3 is 2.84 bits per heavy atom. The van der Waals surface area contributed by atoms with Crippen molar-refractivity contribution in [2.24, 2.45) is 0 Å². The fourth-order valence-corrected chi connectivity index (χ4v) is 3.56. The van der Waals surface area contributed by atoms with E-state index in [4.69, 9.17) is 4.74 Å². The standard InChI is InChI=1S/C15H25N5O4S/c1-10(12(21)17-13(22)16-11-6-3-4-7-11)25-15-19-18-14(23)20(15)8-5-9-24-2/h10-11H,3-9H2,1-2H3,(H,18,23)(H2,16,17,21,22). The molecule has 1 heterocycles. The molecule has 1 aromatic rings. The van der Waals surface area contributed by atoms with Crippen molar-refractivity contribution in [3.63, 3.8) is 0 Å². The van der Waals surface area contributed by atoms with Gasteiger partial charge < -0.3 is 10.1 Å². The predicted octanol–water partition coefficient (Wildman–Crippen LogP) is 0.857. The van der Waals surface area contributed by atoms with Gasteiger partial charge in [0.15, 0.2) is 5.16 Å². The summed E-state index contributed by atoms with van der Waals surface area (Å²) in [6, 6.07) is -0.322. The van der Waals surface area contributed by atoms with E-state index in [1.807, 2.05) is 0 Å². The molecule has 1 fully saturated rings. The molecule has 10 heteroatoms. The van der Waals surface area contributed by atoms with Crippen LogP contribution in [-0.2, 0) is 16.1 Å². The predicted molar refractivity (Wildman–Crippen MR) is 93.6 cm³/mol. The summed E-state index contributed by atoms with van der Waals surface area (Å²) in [6.07, 6.45) is 4.77. The normalized spacial score (nSPS) is 15.9. The van der Waals surface area contributed by atoms with Gasteiger partial charge >= 0.3 is 11.7 Å². The number of carbonyl (C=O) groups is 2. The van der Waals surface area contributed by atoms with Crippen LogP contribution in [0.3, 0.4) is 0 Å². The summed E-state index contributed by atoms with van der Waals surface area (Å²) in [5.41, 5.74) is -0.329. The lowest BCUT2D eigenvalue weighted by Gasteiger charge is -2.14. The summed E-state index contributed by atoms with van der Waals surface area (Å²) in [6.45, 7) is 2.64. The first-order valence-electron chi connectivity index (χ1n) is 8.43. The maximum Gasteiger partial charge on any atom is 0.343 e. The van der Waals surface area contributed by atoms with Crippen LogP contribution in [0.5, 0.6) is 0 Å². The zero-order chi connectivity index (χ0) is 18.2. The Bertz CT molecular complexity index is 638. The van der Waals surface area contributed by atoms with Gasteiger partial charge in [0.2, 0.25) is 5.91 Å². The van der Waals surface area contributed by atoms with Crippen molar-refractivity contribution in [1.29, 1.82) is 0 Å². The monoisotopic (exact) mass is 371 g/mol. The third-order valence-electron chi connectivity index (χ3n) is 4.03. The highest BCUT2D eigenvalue weighted by atomic mass is 32.2. The number of nitrogens with zero attached hydrogens (tertiary/aromatic N) is 2. The van der Waals surface area contributed by atoms with E-state index < -0.39 is 17.2 Å². The van der Waals surface area contributed by atoms with Crippen molar-refractivity contribution < 1.29 is 14.3 Å². The number of amides is 3. The van der Waals surface area contributed by atoms with Crippen LogP contribution >= 0.6 is 11.8 Å². The van der Waals surface area contributed by atoms with E-state index in [0.29, 0.717) is 24.7 Å². The summed E-state index contributed by atoms with van der Waals surface area (Å²) >= 11 is 1.13. The third-order valence-corrected chi connectivity index (χ3v) is 5.12. The van der Waals surface area contributed by atoms with Gasteiger partial charge in [-0.2, -0.15) is 0 Å². The fourth-order valence-electron chi connectivity index (χ4n) is 2.67. The average Bonchev–Trinajstić information content (AvgIpc) is 3.19. The van der Waals surface area contributed by atoms with Crippen LogP contribution in [0.15, 0.2) is 9.95 Å². The Morgan fingerprint density at radius 1 is 1.44 bits per heavy atom. The van der Waals surface area contributed by atoms with Crippen LogP contribution in [0.4, 0.5) is 4.79 Å². The quantitative estimate of drug-likeness (QED) is 0.461. The number of imide groups is 1. The van der Waals surface area contributed by atoms with Crippen molar-refractivity contribution >= 4 is 23.7 Å². The molecule has 1 aliphatic rings. The molecule has 1 unspecified atom stereocenters. The third kappa shape index (κ3) is 5.89. The Morgan fingerprint density at radius 2 is 2.16 bits per heavy atom. The second kappa shape index (κ2) is 9.62. The zero-order valence-electron chi connectivity index (χ0n) is 14.5. The Balaban J connectivity index is 1.85. The number of aromatic nitrogens is 3. The molecule has 0 aliphatic heterocycles. The van der Waals surface area contributed by atoms with Gasteiger partial charge in [-0.3, -0.25) is 14.7 Å². The number of ether oxygens (including phenoxy) is 1. The number of hydrogen-bond acceptors (Lipinski definition) is 6. The summed E-state index contributed by atoms with van der Waals surface area (Å²) < 4.78 is 6.44. The van der Waals surface area contributed by atoms with Crippen molar-refractivity contribution in [2.45, 2.75) is 62.0 Å². The largest absolute Gasteiger partial charge is 0.385 e. The molecular weight excluding hydrogens is 346 g/mol. The van der Waals surface area contributed by atoms with Crippen LogP contribution in [0.2, 0.25) is 0 Å². The highest BCUT2D eigenvalue weighted by molar-refractivity contribution is 8.00. The molecule has 1 saturated carbocycles. The van der Waals surface area contributed by atoms with Gasteiger partial charge in [-0.25, -0.2) is 14.7 Å². The number of urea groups is 1. The van der Waals surface area contributed by atoms with Crippen molar-refractivity contribution in [1.82, 2.24) is 25.4 Å². The molecule has 0 radical (unpaired) electrons. The van der Waals surface area contributed by atoms with Crippen LogP contribution in [0.1, 0.15) is 39.0 Å². The maximum atomic E-state index is 12.2. The fraction of sp³-hybridized carbons (Fsp3) is 0.733. The average molecular weight is 371 g/mol. The van der Waals surface area contributed by atoms with Crippen molar-refractivity contribution in [2.75, 3.05) is 13.7 Å². The summed E-state index contributed by atoms with van der Waals surface area (Å²) in [5.74, 6) is -0.417. The minimum absolute atomic E-state index is 0.146. The molecule has 9 nitrogen and oxygen atoms in total. The van der Waals surface area contributed by atoms with E-state index >= 15 is 0 Å². The lowest BCUT2D eigenvalue weighted by Crippen LogP contribution is -2.46. The van der Waals surface area contributed by atoms with Crippen LogP contribution in [0, 0.1) is 0 Å². The van der Waals surface area contributed by atoms with Crippen molar-refractivity contribution in [3.05, 3.63) is 10.5 Å². The SMILES string of the molecule is COCCCn1c(SC(C)C(=O)NC(=O)NC2CCCC2)n[nH]c1=O.